The Morgan fingerprint density at radius 1 is 1.06 bits per heavy atom. The van der Waals surface area contributed by atoms with E-state index in [-0.39, 0.29) is 17.2 Å². The number of carbonyl (C=O) groups is 2. The number of benzene rings is 1. The molecule has 2 aliphatic rings. The molecule has 174 valence electrons. The van der Waals surface area contributed by atoms with Gasteiger partial charge in [-0.25, -0.2) is 4.79 Å². The molecule has 0 spiro atoms. The number of esters is 1. The van der Waals surface area contributed by atoms with Crippen molar-refractivity contribution in [3.63, 3.8) is 0 Å². The van der Waals surface area contributed by atoms with E-state index in [4.69, 9.17) is 14.5 Å². The zero-order valence-electron chi connectivity index (χ0n) is 20.2. The zero-order chi connectivity index (χ0) is 23.3. The quantitative estimate of drug-likeness (QED) is 0.348. The molecule has 1 aliphatic carbocycles. The van der Waals surface area contributed by atoms with E-state index >= 15 is 0 Å². The van der Waals surface area contributed by atoms with Crippen LogP contribution < -0.4 is 4.74 Å². The fourth-order valence-corrected chi connectivity index (χ4v) is 4.78. The van der Waals surface area contributed by atoms with Crippen LogP contribution in [-0.4, -0.2) is 30.7 Å². The lowest BCUT2D eigenvalue weighted by atomic mass is 9.63. The fraction of sp³-hybridized carbons (Fsp3) is 0.593. The summed E-state index contributed by atoms with van der Waals surface area (Å²) in [5.74, 6) is -0.379. The lowest BCUT2D eigenvalue weighted by molar-refractivity contribution is -0.139. The lowest BCUT2D eigenvalue weighted by Crippen LogP contribution is -2.44. The third kappa shape index (κ3) is 5.31. The van der Waals surface area contributed by atoms with E-state index in [0.29, 0.717) is 30.9 Å². The molecule has 1 heterocycles. The molecule has 1 unspecified atom stereocenters. The fourth-order valence-electron chi connectivity index (χ4n) is 4.78. The highest BCUT2D eigenvalue weighted by Crippen LogP contribution is 2.48. The van der Waals surface area contributed by atoms with Crippen molar-refractivity contribution in [3.05, 3.63) is 41.1 Å². The lowest BCUT2D eigenvalue weighted by Gasteiger charge is -2.41. The van der Waals surface area contributed by atoms with Crippen molar-refractivity contribution in [1.29, 1.82) is 0 Å². The third-order valence-electron chi connectivity index (χ3n) is 6.32. The molecule has 3 rings (SSSR count). The number of hydrogen-bond donors (Lipinski definition) is 0. The topological polar surface area (TPSA) is 65.0 Å². The number of nitrogens with zero attached hydrogens (tertiary/aromatic N) is 1. The van der Waals surface area contributed by atoms with Gasteiger partial charge in [0, 0.05) is 29.3 Å². The van der Waals surface area contributed by atoms with Gasteiger partial charge in [0.05, 0.1) is 24.7 Å². The first-order chi connectivity index (χ1) is 15.3. The predicted molar refractivity (Wildman–Crippen MR) is 127 cm³/mol. The van der Waals surface area contributed by atoms with Crippen molar-refractivity contribution in [2.24, 2.45) is 16.3 Å². The van der Waals surface area contributed by atoms with Crippen molar-refractivity contribution < 1.29 is 19.1 Å². The van der Waals surface area contributed by atoms with Gasteiger partial charge in [0.2, 0.25) is 0 Å². The summed E-state index contributed by atoms with van der Waals surface area (Å²) in [5, 5.41) is 0. The monoisotopic (exact) mass is 439 g/mol. The number of rotatable bonds is 9. The Kier molecular flexibility index (Phi) is 7.91. The molecule has 2 atom stereocenters. The van der Waals surface area contributed by atoms with Crippen LogP contribution in [0.1, 0.15) is 84.6 Å². The number of carbonyl (C=O) groups excluding carboxylic acids is 2. The Hall–Kier alpha value is -2.43. The van der Waals surface area contributed by atoms with Gasteiger partial charge in [0.15, 0.2) is 0 Å². The maximum atomic E-state index is 13.4. The summed E-state index contributed by atoms with van der Waals surface area (Å²) in [6.07, 6.45) is 4.96. The molecule has 5 heteroatoms. The van der Waals surface area contributed by atoms with Gasteiger partial charge in [0.1, 0.15) is 11.5 Å². The molecule has 1 aromatic carbocycles. The summed E-state index contributed by atoms with van der Waals surface area (Å²) >= 11 is 0. The van der Waals surface area contributed by atoms with E-state index in [1.807, 2.05) is 31.2 Å². The van der Waals surface area contributed by atoms with Gasteiger partial charge in [-0.15, -0.1) is 0 Å². The summed E-state index contributed by atoms with van der Waals surface area (Å²) < 4.78 is 11.7. The highest BCUT2D eigenvalue weighted by Gasteiger charge is 2.48. The zero-order valence-corrected chi connectivity index (χ0v) is 20.2. The maximum absolute atomic E-state index is 13.4. The van der Waals surface area contributed by atoms with Gasteiger partial charge in [0.25, 0.3) is 0 Å². The summed E-state index contributed by atoms with van der Waals surface area (Å²) in [6.45, 7) is 11.2. The number of fused-ring (bicyclic) bond motifs is 1. The van der Waals surface area contributed by atoms with E-state index in [1.165, 1.54) is 0 Å². The number of Topliss-reactive ketones (excluding diaryl/α,β-unsaturated/α-hetero) is 1. The molecule has 0 bridgehead atoms. The van der Waals surface area contributed by atoms with Crippen LogP contribution in [0.2, 0.25) is 0 Å². The number of aliphatic imine (C=N–C) groups is 1. The first kappa shape index (κ1) is 24.2. The van der Waals surface area contributed by atoms with Crippen LogP contribution in [-0.2, 0) is 14.3 Å². The van der Waals surface area contributed by atoms with Crippen molar-refractivity contribution in [3.8, 4) is 5.75 Å². The SMILES string of the molecule is CCCCOC(=O)C1=C(C)N=C2CC(C)(C)CC(=O)C2[C@@H]1c1ccccc1OCCCC. The molecule has 0 saturated heterocycles. The van der Waals surface area contributed by atoms with Crippen molar-refractivity contribution in [2.75, 3.05) is 13.2 Å². The standard InChI is InChI=1S/C27H37NO4/c1-6-8-14-31-22-13-11-10-12-19(22)24-23(26(30)32-15-9-7-2)18(3)28-20-16-27(4,5)17-21(29)25(20)24/h10-13,24-25H,6-9,14-17H2,1-5H3/t24-,25?/m1/s1. The molecular weight excluding hydrogens is 402 g/mol. The van der Waals surface area contributed by atoms with E-state index in [1.54, 1.807) is 0 Å². The molecule has 1 aliphatic heterocycles. The Morgan fingerprint density at radius 3 is 2.47 bits per heavy atom. The maximum Gasteiger partial charge on any atom is 0.336 e. The largest absolute Gasteiger partial charge is 0.493 e. The second-order valence-electron chi connectivity index (χ2n) is 9.77. The molecule has 1 fully saturated rings. The van der Waals surface area contributed by atoms with Gasteiger partial charge < -0.3 is 9.47 Å². The number of para-hydroxylation sites is 1. The Morgan fingerprint density at radius 2 is 1.75 bits per heavy atom. The summed E-state index contributed by atoms with van der Waals surface area (Å²) in [6, 6.07) is 7.79. The van der Waals surface area contributed by atoms with Gasteiger partial charge in [-0.1, -0.05) is 58.7 Å². The molecule has 0 aromatic heterocycles. The second kappa shape index (κ2) is 10.5. The Balaban J connectivity index is 2.08. The number of ketones is 1. The minimum absolute atomic E-state index is 0.131. The van der Waals surface area contributed by atoms with Crippen molar-refractivity contribution >= 4 is 17.5 Å². The molecule has 1 saturated carbocycles. The van der Waals surface area contributed by atoms with E-state index in [9.17, 15) is 9.59 Å². The minimum atomic E-state index is -0.448. The molecule has 32 heavy (non-hydrogen) atoms. The summed E-state index contributed by atoms with van der Waals surface area (Å²) in [5.41, 5.74) is 2.76. The van der Waals surface area contributed by atoms with Crippen molar-refractivity contribution in [1.82, 2.24) is 0 Å². The highest BCUT2D eigenvalue weighted by molar-refractivity contribution is 6.12. The van der Waals surface area contributed by atoms with Crippen LogP contribution in [0, 0.1) is 11.3 Å². The van der Waals surface area contributed by atoms with Gasteiger partial charge in [-0.2, -0.15) is 0 Å². The predicted octanol–water partition coefficient (Wildman–Crippen LogP) is 6.03. The number of hydrogen-bond acceptors (Lipinski definition) is 5. The highest BCUT2D eigenvalue weighted by atomic mass is 16.5. The molecule has 5 nitrogen and oxygen atoms in total. The van der Waals surface area contributed by atoms with Crippen LogP contribution in [0.3, 0.4) is 0 Å². The molecule has 0 N–H and O–H groups in total. The number of allylic oxidation sites excluding steroid dienone is 1. The van der Waals surface area contributed by atoms with Crippen LogP contribution >= 0.6 is 0 Å². The first-order valence-corrected chi connectivity index (χ1v) is 12.0. The number of unbranched alkanes of at least 4 members (excludes halogenated alkanes) is 2. The Bertz CT molecular complexity index is 912. The van der Waals surface area contributed by atoms with E-state index < -0.39 is 11.8 Å². The number of ether oxygens (including phenoxy) is 2. The van der Waals surface area contributed by atoms with E-state index in [0.717, 1.165) is 49.1 Å². The van der Waals surface area contributed by atoms with Crippen LogP contribution in [0.5, 0.6) is 5.75 Å². The van der Waals surface area contributed by atoms with E-state index in [2.05, 4.69) is 27.7 Å². The summed E-state index contributed by atoms with van der Waals surface area (Å²) in [4.78, 5) is 31.5. The van der Waals surface area contributed by atoms with Crippen LogP contribution in [0.25, 0.3) is 0 Å². The van der Waals surface area contributed by atoms with Gasteiger partial charge >= 0.3 is 5.97 Å². The third-order valence-corrected chi connectivity index (χ3v) is 6.32. The minimum Gasteiger partial charge on any atom is -0.493 e. The van der Waals surface area contributed by atoms with Crippen molar-refractivity contribution in [2.45, 2.75) is 79.1 Å². The molecule has 1 aromatic rings. The average Bonchev–Trinajstić information content (AvgIpc) is 2.72. The average molecular weight is 440 g/mol. The van der Waals surface area contributed by atoms with Crippen LogP contribution in [0.4, 0.5) is 0 Å². The second-order valence-corrected chi connectivity index (χ2v) is 9.77. The van der Waals surface area contributed by atoms with Gasteiger partial charge in [-0.05, 0) is 37.7 Å². The first-order valence-electron chi connectivity index (χ1n) is 12.0. The molecule has 0 amide bonds. The molecule has 0 radical (unpaired) electrons. The molecular formula is C27H37NO4. The normalized spacial score (nSPS) is 22.3. The van der Waals surface area contributed by atoms with Crippen LogP contribution in [0.15, 0.2) is 40.5 Å². The smallest absolute Gasteiger partial charge is 0.336 e. The Labute approximate surface area is 192 Å². The van der Waals surface area contributed by atoms with Gasteiger partial charge in [-0.3, -0.25) is 9.79 Å². The summed E-state index contributed by atoms with van der Waals surface area (Å²) in [7, 11) is 0.